The fourth-order valence-corrected chi connectivity index (χ4v) is 2.24. The van der Waals surface area contributed by atoms with Crippen LogP contribution in [0.5, 0.6) is 5.75 Å². The van der Waals surface area contributed by atoms with E-state index in [2.05, 4.69) is 50.9 Å². The van der Waals surface area contributed by atoms with Crippen molar-refractivity contribution in [1.29, 1.82) is 0 Å². The molecule has 0 unspecified atom stereocenters. The van der Waals surface area contributed by atoms with Gasteiger partial charge in [0.25, 0.3) is 0 Å². The number of nitrogens with zero attached hydrogens (tertiary/aromatic N) is 1. The topological polar surface area (TPSA) is 21.6 Å². The second-order valence-electron chi connectivity index (χ2n) is 6.20. The zero-order valence-electron chi connectivity index (χ0n) is 14.0. The molecule has 0 spiro atoms. The molecule has 0 heterocycles. The zero-order valence-corrected chi connectivity index (χ0v) is 14.0. The van der Waals surface area contributed by atoms with Crippen LogP contribution in [0.15, 0.2) is 47.5 Å². The minimum atomic E-state index is 0.671. The average Bonchev–Trinajstić information content (AvgIpc) is 2.45. The first-order valence-corrected chi connectivity index (χ1v) is 7.88. The monoisotopic (exact) mass is 295 g/mol. The van der Waals surface area contributed by atoms with E-state index in [4.69, 9.17) is 4.74 Å². The van der Waals surface area contributed by atoms with E-state index < -0.39 is 0 Å². The van der Waals surface area contributed by atoms with Gasteiger partial charge >= 0.3 is 0 Å². The molecule has 0 aliphatic heterocycles. The van der Waals surface area contributed by atoms with Gasteiger partial charge in [-0.2, -0.15) is 0 Å². The van der Waals surface area contributed by atoms with Gasteiger partial charge in [0, 0.05) is 6.21 Å². The van der Waals surface area contributed by atoms with Crippen LogP contribution in [0.25, 0.3) is 0 Å². The molecule has 0 fully saturated rings. The van der Waals surface area contributed by atoms with E-state index in [0.717, 1.165) is 30.0 Å². The van der Waals surface area contributed by atoms with Gasteiger partial charge in [-0.15, -0.1) is 0 Å². The molecule has 22 heavy (non-hydrogen) atoms. The molecule has 2 rings (SSSR count). The summed E-state index contributed by atoms with van der Waals surface area (Å²) in [4.78, 5) is 4.55. The maximum absolute atomic E-state index is 5.72. The molecule has 0 bridgehead atoms. The number of aliphatic imine (C=N–C) groups is 1. The Bertz CT molecular complexity index is 606. The van der Waals surface area contributed by atoms with Crippen molar-refractivity contribution in [3.63, 3.8) is 0 Å². The molecule has 0 N–H and O–H groups in total. The molecular weight excluding hydrogens is 270 g/mol. The van der Waals surface area contributed by atoms with Crippen molar-refractivity contribution in [3.05, 3.63) is 59.2 Å². The van der Waals surface area contributed by atoms with E-state index >= 15 is 0 Å². The number of ether oxygens (including phenoxy) is 1. The summed E-state index contributed by atoms with van der Waals surface area (Å²) in [5.41, 5.74) is 4.55. The van der Waals surface area contributed by atoms with Crippen molar-refractivity contribution in [3.8, 4) is 5.75 Å². The summed E-state index contributed by atoms with van der Waals surface area (Å²) < 4.78 is 5.72. The molecule has 2 heteroatoms. The van der Waals surface area contributed by atoms with Crippen LogP contribution < -0.4 is 4.74 Å². The molecule has 0 amide bonds. The van der Waals surface area contributed by atoms with Crippen LogP contribution in [-0.2, 0) is 0 Å². The molecule has 0 saturated heterocycles. The maximum atomic E-state index is 5.72. The van der Waals surface area contributed by atoms with Crippen molar-refractivity contribution < 1.29 is 4.74 Å². The molecule has 2 aromatic carbocycles. The fraction of sp³-hybridized carbons (Fsp3) is 0.350. The van der Waals surface area contributed by atoms with Crippen LogP contribution in [-0.4, -0.2) is 12.8 Å². The summed E-state index contributed by atoms with van der Waals surface area (Å²) in [5, 5.41) is 0. The van der Waals surface area contributed by atoms with Crippen LogP contribution in [0.1, 0.15) is 37.0 Å². The van der Waals surface area contributed by atoms with E-state index in [1.807, 2.05) is 30.5 Å². The fourth-order valence-electron chi connectivity index (χ4n) is 2.24. The van der Waals surface area contributed by atoms with Crippen molar-refractivity contribution in [1.82, 2.24) is 0 Å². The first-order chi connectivity index (χ1) is 10.5. The summed E-state index contributed by atoms with van der Waals surface area (Å²) in [6.45, 7) is 9.37. The van der Waals surface area contributed by atoms with Gasteiger partial charge in [0.15, 0.2) is 0 Å². The number of rotatable bonds is 6. The number of hydrogen-bond acceptors (Lipinski definition) is 2. The largest absolute Gasteiger partial charge is 0.494 e. The zero-order chi connectivity index (χ0) is 15.9. The van der Waals surface area contributed by atoms with Crippen LogP contribution in [0.4, 0.5) is 5.69 Å². The lowest BCUT2D eigenvalue weighted by Crippen LogP contribution is -2.01. The molecule has 2 aromatic rings. The minimum absolute atomic E-state index is 0.671. The third-order valence-corrected chi connectivity index (χ3v) is 3.41. The van der Waals surface area contributed by atoms with Crippen LogP contribution >= 0.6 is 0 Å². The van der Waals surface area contributed by atoms with E-state index in [-0.39, 0.29) is 0 Å². The molecule has 0 aliphatic rings. The Hall–Kier alpha value is -2.09. The normalized spacial score (nSPS) is 11.3. The standard InChI is InChI=1S/C20H25NO/c1-15(2)9-10-22-20-7-5-18(6-8-20)14-21-19-12-16(3)11-17(4)13-19/h5-8,11-15H,9-10H2,1-4H3. The second-order valence-corrected chi connectivity index (χ2v) is 6.20. The van der Waals surface area contributed by atoms with Gasteiger partial charge in [0.2, 0.25) is 0 Å². The molecular formula is C20H25NO. The van der Waals surface area contributed by atoms with Crippen LogP contribution in [0.2, 0.25) is 0 Å². The highest BCUT2D eigenvalue weighted by atomic mass is 16.5. The Labute approximate surface area is 133 Å². The number of benzene rings is 2. The van der Waals surface area contributed by atoms with Crippen molar-refractivity contribution in [2.75, 3.05) is 6.61 Å². The van der Waals surface area contributed by atoms with Gasteiger partial charge in [0.05, 0.1) is 12.3 Å². The van der Waals surface area contributed by atoms with E-state index in [1.54, 1.807) is 0 Å². The third-order valence-electron chi connectivity index (χ3n) is 3.41. The minimum Gasteiger partial charge on any atom is -0.494 e. The predicted molar refractivity (Wildman–Crippen MR) is 94.6 cm³/mol. The molecule has 0 atom stereocenters. The highest BCUT2D eigenvalue weighted by Gasteiger charge is 1.97. The maximum Gasteiger partial charge on any atom is 0.119 e. The van der Waals surface area contributed by atoms with Crippen LogP contribution in [0.3, 0.4) is 0 Å². The van der Waals surface area contributed by atoms with Crippen molar-refractivity contribution >= 4 is 11.9 Å². The quantitative estimate of drug-likeness (QED) is 0.647. The summed E-state index contributed by atoms with van der Waals surface area (Å²) >= 11 is 0. The van der Waals surface area contributed by atoms with E-state index in [0.29, 0.717) is 5.92 Å². The summed E-state index contributed by atoms with van der Waals surface area (Å²) in [7, 11) is 0. The Morgan fingerprint density at radius 1 is 1.00 bits per heavy atom. The summed E-state index contributed by atoms with van der Waals surface area (Å²) in [6, 6.07) is 14.4. The highest BCUT2D eigenvalue weighted by molar-refractivity contribution is 5.82. The molecule has 0 aromatic heterocycles. The first-order valence-electron chi connectivity index (χ1n) is 7.88. The second kappa shape index (κ2) is 7.79. The van der Waals surface area contributed by atoms with Crippen molar-refractivity contribution in [2.24, 2.45) is 10.9 Å². The van der Waals surface area contributed by atoms with Gasteiger partial charge in [-0.3, -0.25) is 4.99 Å². The lowest BCUT2D eigenvalue weighted by molar-refractivity contribution is 0.289. The SMILES string of the molecule is Cc1cc(C)cc(N=Cc2ccc(OCCC(C)C)cc2)c1. The van der Waals surface area contributed by atoms with Gasteiger partial charge in [-0.25, -0.2) is 0 Å². The Kier molecular flexibility index (Phi) is 5.76. The van der Waals surface area contributed by atoms with E-state index in [1.165, 1.54) is 11.1 Å². The van der Waals surface area contributed by atoms with Gasteiger partial charge in [-0.05, 0) is 79.3 Å². The molecule has 0 radical (unpaired) electrons. The van der Waals surface area contributed by atoms with Gasteiger partial charge < -0.3 is 4.74 Å². The van der Waals surface area contributed by atoms with Crippen LogP contribution in [0, 0.1) is 19.8 Å². The molecule has 0 aliphatic carbocycles. The number of aryl methyl sites for hydroxylation is 2. The Morgan fingerprint density at radius 3 is 2.23 bits per heavy atom. The summed E-state index contributed by atoms with van der Waals surface area (Å²) in [6.07, 6.45) is 2.97. The lowest BCUT2D eigenvalue weighted by atomic mass is 10.1. The van der Waals surface area contributed by atoms with Gasteiger partial charge in [-0.1, -0.05) is 19.9 Å². The molecule has 2 nitrogen and oxygen atoms in total. The lowest BCUT2D eigenvalue weighted by Gasteiger charge is -2.08. The highest BCUT2D eigenvalue weighted by Crippen LogP contribution is 2.17. The third kappa shape index (κ3) is 5.36. The van der Waals surface area contributed by atoms with Gasteiger partial charge in [0.1, 0.15) is 5.75 Å². The number of hydrogen-bond donors (Lipinski definition) is 0. The Morgan fingerprint density at radius 2 is 1.64 bits per heavy atom. The van der Waals surface area contributed by atoms with E-state index in [9.17, 15) is 0 Å². The molecule has 0 saturated carbocycles. The predicted octanol–water partition coefficient (Wildman–Crippen LogP) is 5.48. The Balaban J connectivity index is 1.97. The molecule has 116 valence electrons. The van der Waals surface area contributed by atoms with Crippen molar-refractivity contribution in [2.45, 2.75) is 34.1 Å². The first kappa shape index (κ1) is 16.3. The average molecular weight is 295 g/mol. The smallest absolute Gasteiger partial charge is 0.119 e. The summed E-state index contributed by atoms with van der Waals surface area (Å²) in [5.74, 6) is 1.59.